The summed E-state index contributed by atoms with van der Waals surface area (Å²) >= 11 is 3.54. The van der Waals surface area contributed by atoms with Crippen molar-refractivity contribution in [3.8, 4) is 0 Å². The Morgan fingerprint density at radius 2 is 2.26 bits per heavy atom. The second-order valence-electron chi connectivity index (χ2n) is 6.22. The maximum atomic E-state index is 4.32. The highest BCUT2D eigenvalue weighted by Crippen LogP contribution is 2.50. The third-order valence-corrected chi connectivity index (χ3v) is 5.44. The summed E-state index contributed by atoms with van der Waals surface area (Å²) in [6.07, 6.45) is 11.1. The molecule has 1 aromatic heterocycles. The zero-order valence-corrected chi connectivity index (χ0v) is 13.2. The van der Waals surface area contributed by atoms with Gasteiger partial charge in [0.05, 0.1) is 0 Å². The molecule has 2 fully saturated rings. The lowest BCUT2D eigenvalue weighted by Crippen LogP contribution is -2.25. The molecule has 0 radical (unpaired) electrons. The molecule has 19 heavy (non-hydrogen) atoms. The normalized spacial score (nSPS) is 30.7. The van der Waals surface area contributed by atoms with Crippen LogP contribution in [0.25, 0.3) is 0 Å². The lowest BCUT2D eigenvalue weighted by molar-refractivity contribution is 0.280. The number of hydrogen-bond donors (Lipinski definition) is 1. The summed E-state index contributed by atoms with van der Waals surface area (Å²) in [5, 5.41) is 3.65. The highest BCUT2D eigenvalue weighted by Gasteiger charge is 2.40. The van der Waals surface area contributed by atoms with Gasteiger partial charge in [0.25, 0.3) is 0 Å². The van der Waals surface area contributed by atoms with Gasteiger partial charge in [-0.3, -0.25) is 4.98 Å². The molecule has 2 nitrogen and oxygen atoms in total. The fourth-order valence-corrected chi connectivity index (χ4v) is 4.55. The number of nitrogens with one attached hydrogen (secondary N) is 1. The highest BCUT2D eigenvalue weighted by molar-refractivity contribution is 9.10. The Morgan fingerprint density at radius 1 is 1.37 bits per heavy atom. The van der Waals surface area contributed by atoms with Crippen molar-refractivity contribution < 1.29 is 0 Å². The summed E-state index contributed by atoms with van der Waals surface area (Å²) in [4.78, 5) is 4.32. The van der Waals surface area contributed by atoms with Gasteiger partial charge >= 0.3 is 0 Å². The molecule has 0 saturated heterocycles. The first kappa shape index (κ1) is 13.6. The Labute approximate surface area is 124 Å². The Balaban J connectivity index is 1.70. The van der Waals surface area contributed by atoms with Crippen LogP contribution in [-0.4, -0.2) is 11.5 Å². The van der Waals surface area contributed by atoms with E-state index in [1.165, 1.54) is 37.7 Å². The van der Waals surface area contributed by atoms with E-state index in [1.807, 2.05) is 12.4 Å². The summed E-state index contributed by atoms with van der Waals surface area (Å²) in [6.45, 7) is 3.22. The maximum Gasteiger partial charge on any atom is 0.0410 e. The molecule has 3 rings (SSSR count). The predicted octanol–water partition coefficient (Wildman–Crippen LogP) is 4.32. The Kier molecular flexibility index (Phi) is 4.23. The zero-order valence-electron chi connectivity index (χ0n) is 11.6. The maximum absolute atomic E-state index is 4.32. The quantitative estimate of drug-likeness (QED) is 0.873. The number of rotatable bonds is 5. The van der Waals surface area contributed by atoms with Gasteiger partial charge in [-0.25, -0.2) is 0 Å². The van der Waals surface area contributed by atoms with Crippen molar-refractivity contribution in [3.63, 3.8) is 0 Å². The highest BCUT2D eigenvalue weighted by atomic mass is 79.9. The van der Waals surface area contributed by atoms with E-state index in [-0.39, 0.29) is 0 Å². The van der Waals surface area contributed by atoms with Crippen LogP contribution >= 0.6 is 15.9 Å². The van der Waals surface area contributed by atoms with Crippen LogP contribution < -0.4 is 5.32 Å². The second-order valence-corrected chi connectivity index (χ2v) is 7.13. The Hall–Kier alpha value is -0.410. The minimum absolute atomic E-state index is 0.472. The zero-order chi connectivity index (χ0) is 13.2. The number of nitrogens with zero attached hydrogens (tertiary/aromatic N) is 1. The van der Waals surface area contributed by atoms with E-state index in [2.05, 4.69) is 39.2 Å². The first-order valence-corrected chi connectivity index (χ1v) is 8.39. The van der Waals surface area contributed by atoms with Crippen LogP contribution in [0, 0.1) is 17.8 Å². The standard InChI is InChI=1S/C16H23BrN2/c1-2-19-16(14-7-15(17)10-18-9-14)8-13-6-11-3-4-12(13)5-11/h7,9-13,16,19H,2-6,8H2,1H3. The van der Waals surface area contributed by atoms with Crippen LogP contribution in [0.3, 0.4) is 0 Å². The molecule has 2 aliphatic rings. The van der Waals surface area contributed by atoms with E-state index in [1.54, 1.807) is 0 Å². The average molecular weight is 323 g/mol. The number of fused-ring (bicyclic) bond motifs is 2. The first-order valence-electron chi connectivity index (χ1n) is 7.60. The fourth-order valence-electron chi connectivity index (χ4n) is 4.17. The van der Waals surface area contributed by atoms with Gasteiger partial charge in [-0.05, 0) is 77.5 Å². The number of hydrogen-bond acceptors (Lipinski definition) is 2. The topological polar surface area (TPSA) is 24.9 Å². The summed E-state index contributed by atoms with van der Waals surface area (Å²) in [5.74, 6) is 2.98. The Morgan fingerprint density at radius 3 is 2.89 bits per heavy atom. The van der Waals surface area contributed by atoms with Crippen molar-refractivity contribution >= 4 is 15.9 Å². The van der Waals surface area contributed by atoms with Crippen molar-refractivity contribution in [2.24, 2.45) is 17.8 Å². The van der Waals surface area contributed by atoms with Crippen LogP contribution in [-0.2, 0) is 0 Å². The van der Waals surface area contributed by atoms with Gasteiger partial charge in [0, 0.05) is 22.9 Å². The van der Waals surface area contributed by atoms with E-state index in [0.717, 1.165) is 28.8 Å². The molecule has 4 atom stereocenters. The number of pyridine rings is 1. The average Bonchev–Trinajstić information content (AvgIpc) is 3.00. The molecule has 1 N–H and O–H groups in total. The molecule has 0 amide bonds. The summed E-state index contributed by atoms with van der Waals surface area (Å²) < 4.78 is 1.08. The van der Waals surface area contributed by atoms with Crippen LogP contribution in [0.1, 0.15) is 50.6 Å². The third-order valence-electron chi connectivity index (χ3n) is 5.00. The monoisotopic (exact) mass is 322 g/mol. The molecular weight excluding hydrogens is 300 g/mol. The second kappa shape index (κ2) is 5.92. The molecule has 2 aliphatic carbocycles. The van der Waals surface area contributed by atoms with Gasteiger partial charge in [-0.1, -0.05) is 13.3 Å². The predicted molar refractivity (Wildman–Crippen MR) is 81.9 cm³/mol. The van der Waals surface area contributed by atoms with Gasteiger partial charge in [-0.2, -0.15) is 0 Å². The summed E-state index contributed by atoms with van der Waals surface area (Å²) in [7, 11) is 0. The SMILES string of the molecule is CCNC(CC1CC2CCC1C2)c1cncc(Br)c1. The van der Waals surface area contributed by atoms with E-state index in [0.29, 0.717) is 6.04 Å². The minimum Gasteiger partial charge on any atom is -0.310 e. The van der Waals surface area contributed by atoms with E-state index in [4.69, 9.17) is 0 Å². The Bertz CT molecular complexity index is 435. The van der Waals surface area contributed by atoms with E-state index in [9.17, 15) is 0 Å². The molecule has 0 aliphatic heterocycles. The molecule has 1 aromatic rings. The van der Waals surface area contributed by atoms with Crippen molar-refractivity contribution in [1.82, 2.24) is 10.3 Å². The van der Waals surface area contributed by atoms with Gasteiger partial charge in [0.15, 0.2) is 0 Å². The van der Waals surface area contributed by atoms with Crippen molar-refractivity contribution in [3.05, 3.63) is 28.5 Å². The van der Waals surface area contributed by atoms with Crippen LogP contribution in [0.15, 0.2) is 22.9 Å². The molecule has 104 valence electrons. The van der Waals surface area contributed by atoms with Gasteiger partial charge < -0.3 is 5.32 Å². The number of aromatic nitrogens is 1. The number of halogens is 1. The van der Waals surface area contributed by atoms with Crippen molar-refractivity contribution in [2.45, 2.75) is 45.1 Å². The van der Waals surface area contributed by atoms with E-state index >= 15 is 0 Å². The lowest BCUT2D eigenvalue weighted by atomic mass is 9.83. The summed E-state index contributed by atoms with van der Waals surface area (Å²) in [5.41, 5.74) is 1.33. The summed E-state index contributed by atoms with van der Waals surface area (Å²) in [6, 6.07) is 2.69. The molecule has 4 unspecified atom stereocenters. The molecule has 3 heteroatoms. The lowest BCUT2D eigenvalue weighted by Gasteiger charge is -2.27. The molecule has 1 heterocycles. The molecular formula is C16H23BrN2. The van der Waals surface area contributed by atoms with Crippen molar-refractivity contribution in [2.75, 3.05) is 6.54 Å². The molecule has 2 saturated carbocycles. The van der Waals surface area contributed by atoms with Crippen LogP contribution in [0.2, 0.25) is 0 Å². The first-order chi connectivity index (χ1) is 9.26. The van der Waals surface area contributed by atoms with Gasteiger partial charge in [-0.15, -0.1) is 0 Å². The minimum atomic E-state index is 0.472. The third kappa shape index (κ3) is 3.03. The van der Waals surface area contributed by atoms with Crippen LogP contribution in [0.4, 0.5) is 0 Å². The van der Waals surface area contributed by atoms with Crippen molar-refractivity contribution in [1.29, 1.82) is 0 Å². The molecule has 2 bridgehead atoms. The fraction of sp³-hybridized carbons (Fsp3) is 0.688. The molecule has 0 spiro atoms. The smallest absolute Gasteiger partial charge is 0.0410 e. The van der Waals surface area contributed by atoms with Gasteiger partial charge in [0.2, 0.25) is 0 Å². The largest absolute Gasteiger partial charge is 0.310 e. The van der Waals surface area contributed by atoms with Crippen LogP contribution in [0.5, 0.6) is 0 Å². The van der Waals surface area contributed by atoms with Gasteiger partial charge in [0.1, 0.15) is 0 Å². The van der Waals surface area contributed by atoms with E-state index < -0.39 is 0 Å². The molecule has 0 aromatic carbocycles.